The quantitative estimate of drug-likeness (QED) is 0.529. The molecule has 8 heteroatoms. The molecule has 108 valence electrons. The molecule has 1 N–H and O–H groups in total. The van der Waals surface area contributed by atoms with Crippen molar-refractivity contribution in [3.63, 3.8) is 0 Å². The van der Waals surface area contributed by atoms with E-state index in [0.29, 0.717) is 5.02 Å². The Kier molecular flexibility index (Phi) is 4.72. The van der Waals surface area contributed by atoms with Gasteiger partial charge in [-0.15, -0.1) is 0 Å². The zero-order valence-corrected chi connectivity index (χ0v) is 12.1. The van der Waals surface area contributed by atoms with Crippen molar-refractivity contribution in [2.24, 2.45) is 0 Å². The average molecular weight is 326 g/mol. The number of carbonyl (C=O) groups is 1. The molecule has 1 aromatic heterocycles. The first kappa shape index (κ1) is 15.2. The van der Waals surface area contributed by atoms with Crippen molar-refractivity contribution in [3.8, 4) is 0 Å². The molecule has 0 bridgehead atoms. The van der Waals surface area contributed by atoms with E-state index in [9.17, 15) is 14.9 Å². The molecule has 0 radical (unpaired) electrons. The Bertz CT molecular complexity index is 690. The van der Waals surface area contributed by atoms with Crippen LogP contribution >= 0.6 is 23.2 Å². The second-order valence-corrected chi connectivity index (χ2v) is 4.93. The second kappa shape index (κ2) is 6.51. The summed E-state index contributed by atoms with van der Waals surface area (Å²) >= 11 is 11.4. The number of hydrogen-bond acceptors (Lipinski definition) is 4. The lowest BCUT2D eigenvalue weighted by molar-refractivity contribution is -0.384. The van der Waals surface area contributed by atoms with E-state index >= 15 is 0 Å². The fraction of sp³-hybridized carbons (Fsp3) is 0.0769. The summed E-state index contributed by atoms with van der Waals surface area (Å²) in [5, 5.41) is 13.9. The highest BCUT2D eigenvalue weighted by atomic mass is 35.5. The van der Waals surface area contributed by atoms with Gasteiger partial charge in [-0.05, 0) is 23.8 Å². The number of aromatic nitrogens is 1. The maximum atomic E-state index is 11.9. The summed E-state index contributed by atoms with van der Waals surface area (Å²) in [7, 11) is 0. The molecule has 0 unspecified atom stereocenters. The molecule has 0 fully saturated rings. The molecule has 1 amide bonds. The van der Waals surface area contributed by atoms with Gasteiger partial charge < -0.3 is 5.32 Å². The molecule has 0 aliphatic heterocycles. The lowest BCUT2D eigenvalue weighted by atomic mass is 10.1. The van der Waals surface area contributed by atoms with Gasteiger partial charge in [0, 0.05) is 11.1 Å². The van der Waals surface area contributed by atoms with E-state index in [0.717, 1.165) is 5.56 Å². The van der Waals surface area contributed by atoms with Gasteiger partial charge >= 0.3 is 5.69 Å². The summed E-state index contributed by atoms with van der Waals surface area (Å²) < 4.78 is 0. The molecule has 1 heterocycles. The van der Waals surface area contributed by atoms with E-state index in [2.05, 4.69) is 10.3 Å². The lowest BCUT2D eigenvalue weighted by Gasteiger charge is -2.05. The minimum Gasteiger partial charge on any atom is -0.305 e. The largest absolute Gasteiger partial charge is 0.311 e. The van der Waals surface area contributed by atoms with Gasteiger partial charge in [0.2, 0.25) is 11.7 Å². The zero-order chi connectivity index (χ0) is 15.4. The molecule has 2 rings (SSSR count). The van der Waals surface area contributed by atoms with Crippen molar-refractivity contribution in [1.29, 1.82) is 0 Å². The number of anilines is 1. The number of rotatable bonds is 4. The van der Waals surface area contributed by atoms with E-state index in [1.807, 2.05) is 0 Å². The number of nitrogens with one attached hydrogen (secondary N) is 1. The number of nitro groups is 1. The highest BCUT2D eigenvalue weighted by Gasteiger charge is 2.18. The van der Waals surface area contributed by atoms with Crippen molar-refractivity contribution in [2.75, 3.05) is 5.32 Å². The highest BCUT2D eigenvalue weighted by Crippen LogP contribution is 2.24. The fourth-order valence-corrected chi connectivity index (χ4v) is 1.90. The Labute approximate surface area is 129 Å². The number of hydrogen-bond donors (Lipinski definition) is 1. The third-order valence-corrected chi connectivity index (χ3v) is 3.03. The Morgan fingerprint density at radius 1 is 1.19 bits per heavy atom. The van der Waals surface area contributed by atoms with E-state index in [1.165, 1.54) is 12.1 Å². The highest BCUT2D eigenvalue weighted by molar-refractivity contribution is 6.30. The number of halogens is 2. The predicted molar refractivity (Wildman–Crippen MR) is 79.7 cm³/mol. The van der Waals surface area contributed by atoms with Crippen LogP contribution in [-0.4, -0.2) is 15.8 Å². The molecule has 6 nitrogen and oxygen atoms in total. The summed E-state index contributed by atoms with van der Waals surface area (Å²) in [4.78, 5) is 25.9. The Morgan fingerprint density at radius 3 is 2.48 bits per heavy atom. The van der Waals surface area contributed by atoms with E-state index in [-0.39, 0.29) is 23.1 Å². The smallest absolute Gasteiger partial charge is 0.305 e. The van der Waals surface area contributed by atoms with Gasteiger partial charge in [0.15, 0.2) is 0 Å². The summed E-state index contributed by atoms with van der Waals surface area (Å²) in [5.41, 5.74) is 0.408. The molecule has 0 aliphatic carbocycles. The van der Waals surface area contributed by atoms with Crippen LogP contribution in [0.2, 0.25) is 10.2 Å². The van der Waals surface area contributed by atoms with Gasteiger partial charge in [-0.3, -0.25) is 14.9 Å². The van der Waals surface area contributed by atoms with Gasteiger partial charge in [-0.1, -0.05) is 35.3 Å². The van der Waals surface area contributed by atoms with Crippen molar-refractivity contribution in [2.45, 2.75) is 6.42 Å². The van der Waals surface area contributed by atoms with Gasteiger partial charge in [0.1, 0.15) is 5.15 Å². The molecule has 0 spiro atoms. The van der Waals surface area contributed by atoms with Crippen LogP contribution in [0.3, 0.4) is 0 Å². The monoisotopic (exact) mass is 325 g/mol. The van der Waals surface area contributed by atoms with Crippen LogP contribution in [0.5, 0.6) is 0 Å². The molecule has 21 heavy (non-hydrogen) atoms. The van der Waals surface area contributed by atoms with Gasteiger partial charge in [0.05, 0.1) is 11.3 Å². The van der Waals surface area contributed by atoms with Crippen LogP contribution in [0.4, 0.5) is 11.5 Å². The number of nitrogens with zero attached hydrogens (tertiary/aromatic N) is 2. The van der Waals surface area contributed by atoms with Crippen molar-refractivity contribution >= 4 is 40.6 Å². The van der Waals surface area contributed by atoms with Crippen LogP contribution in [0.15, 0.2) is 36.4 Å². The number of carbonyl (C=O) groups excluding carboxylic acids is 1. The summed E-state index contributed by atoms with van der Waals surface area (Å²) in [6, 6.07) is 9.18. The first-order valence-corrected chi connectivity index (χ1v) is 6.56. The average Bonchev–Trinajstić information content (AvgIpc) is 2.41. The summed E-state index contributed by atoms with van der Waals surface area (Å²) in [6.07, 6.45) is 0.0442. The number of benzene rings is 1. The third kappa shape index (κ3) is 4.14. The molecule has 2 aromatic rings. The summed E-state index contributed by atoms with van der Waals surface area (Å²) in [5.74, 6) is -0.610. The minimum absolute atomic E-state index is 0.0442. The normalized spacial score (nSPS) is 10.2. The maximum absolute atomic E-state index is 11.9. The Balaban J connectivity index is 2.14. The van der Waals surface area contributed by atoms with Gasteiger partial charge in [-0.2, -0.15) is 0 Å². The van der Waals surface area contributed by atoms with E-state index in [1.54, 1.807) is 24.3 Å². The van der Waals surface area contributed by atoms with Gasteiger partial charge in [-0.25, -0.2) is 4.98 Å². The van der Waals surface area contributed by atoms with Crippen LogP contribution in [0.1, 0.15) is 5.56 Å². The number of amides is 1. The molecule has 0 saturated carbocycles. The van der Waals surface area contributed by atoms with E-state index in [4.69, 9.17) is 23.2 Å². The number of pyridine rings is 1. The molecule has 0 saturated heterocycles. The van der Waals surface area contributed by atoms with Crippen LogP contribution in [0, 0.1) is 10.1 Å². The minimum atomic E-state index is -0.638. The molecule has 0 atom stereocenters. The first-order chi connectivity index (χ1) is 9.95. The second-order valence-electron chi connectivity index (χ2n) is 4.11. The summed E-state index contributed by atoms with van der Waals surface area (Å²) in [6.45, 7) is 0. The molecular formula is C13H9Cl2N3O3. The Morgan fingerprint density at radius 2 is 1.86 bits per heavy atom. The SMILES string of the molecule is O=C(Cc1ccc(Cl)cc1)Nc1nc(Cl)ccc1[N+](=O)[O-]. The first-order valence-electron chi connectivity index (χ1n) is 5.81. The standard InChI is InChI=1S/C13H9Cl2N3O3/c14-9-3-1-8(2-4-9)7-12(19)17-13-10(18(20)21)5-6-11(15)16-13/h1-6H,7H2,(H,16,17,19). The Hall–Kier alpha value is -2.18. The van der Waals surface area contributed by atoms with Crippen molar-refractivity contribution in [1.82, 2.24) is 4.98 Å². The lowest BCUT2D eigenvalue weighted by Crippen LogP contribution is -2.16. The van der Waals surface area contributed by atoms with E-state index < -0.39 is 10.8 Å². The van der Waals surface area contributed by atoms with Crippen LogP contribution in [-0.2, 0) is 11.2 Å². The molecular weight excluding hydrogens is 317 g/mol. The zero-order valence-electron chi connectivity index (χ0n) is 10.5. The molecule has 0 aliphatic rings. The molecule has 1 aromatic carbocycles. The van der Waals surface area contributed by atoms with Crippen LogP contribution in [0.25, 0.3) is 0 Å². The van der Waals surface area contributed by atoms with Crippen molar-refractivity contribution < 1.29 is 9.72 Å². The third-order valence-electron chi connectivity index (χ3n) is 2.57. The van der Waals surface area contributed by atoms with Crippen LogP contribution < -0.4 is 5.32 Å². The van der Waals surface area contributed by atoms with Gasteiger partial charge in [0.25, 0.3) is 0 Å². The predicted octanol–water partition coefficient (Wildman–Crippen LogP) is 3.48. The topological polar surface area (TPSA) is 85.1 Å². The van der Waals surface area contributed by atoms with Crippen molar-refractivity contribution in [3.05, 3.63) is 62.3 Å². The maximum Gasteiger partial charge on any atom is 0.311 e. The fourth-order valence-electron chi connectivity index (χ4n) is 1.63.